The average molecular weight is 376 g/mol. The van der Waals surface area contributed by atoms with Crippen molar-refractivity contribution in [2.24, 2.45) is 11.7 Å². The third-order valence-corrected chi connectivity index (χ3v) is 6.24. The van der Waals surface area contributed by atoms with E-state index in [1.54, 1.807) is 6.33 Å². The van der Waals surface area contributed by atoms with Gasteiger partial charge in [-0.15, -0.1) is 0 Å². The summed E-state index contributed by atoms with van der Waals surface area (Å²) in [7, 11) is -1.34. The number of carboxylic acids is 1. The van der Waals surface area contributed by atoms with Crippen LogP contribution >= 0.6 is 0 Å². The molecule has 3 rings (SSSR count). The first-order valence-corrected chi connectivity index (χ1v) is 9.83. The molecule has 1 aromatic rings. The van der Waals surface area contributed by atoms with E-state index in [9.17, 15) is 9.90 Å². The molecule has 1 fully saturated rings. The van der Waals surface area contributed by atoms with Crippen LogP contribution < -0.4 is 5.73 Å². The molecule has 27 heavy (non-hydrogen) atoms. The van der Waals surface area contributed by atoms with E-state index in [-0.39, 0.29) is 12.2 Å². The van der Waals surface area contributed by atoms with Crippen molar-refractivity contribution in [1.29, 1.82) is 0 Å². The fourth-order valence-electron chi connectivity index (χ4n) is 4.62. The van der Waals surface area contributed by atoms with E-state index in [0.717, 1.165) is 44.5 Å². The standard InChI is InChI=1S/C18H29BN4O4/c20-18(17(24)25,7-1-2-8-19(26)27)13-5-9-23(10-6-13)16-4-3-15-14(16)11-21-12-22-15/h11-13,16,26-27H,1-10,20H2,(H,24,25). The van der Waals surface area contributed by atoms with Crippen LogP contribution in [0.2, 0.25) is 6.32 Å². The lowest BCUT2D eigenvalue weighted by Crippen LogP contribution is -2.57. The smallest absolute Gasteiger partial charge is 0.451 e. The van der Waals surface area contributed by atoms with Gasteiger partial charge in [-0.2, -0.15) is 0 Å². The third-order valence-electron chi connectivity index (χ3n) is 6.24. The van der Waals surface area contributed by atoms with Crippen LogP contribution in [0.25, 0.3) is 0 Å². The predicted octanol–water partition coefficient (Wildman–Crippen LogP) is 0.601. The summed E-state index contributed by atoms with van der Waals surface area (Å²) in [6.45, 7) is 1.65. The Bertz CT molecular complexity index is 654. The van der Waals surface area contributed by atoms with E-state index in [1.165, 1.54) is 5.56 Å². The number of unbranched alkanes of at least 4 members (excludes halogenated alkanes) is 1. The zero-order valence-electron chi connectivity index (χ0n) is 15.6. The van der Waals surface area contributed by atoms with Crippen molar-refractivity contribution < 1.29 is 19.9 Å². The zero-order valence-corrected chi connectivity index (χ0v) is 15.6. The van der Waals surface area contributed by atoms with E-state index in [1.807, 2.05) is 6.20 Å². The van der Waals surface area contributed by atoms with Gasteiger partial charge in [-0.05, 0) is 57.4 Å². The largest absolute Gasteiger partial charge is 0.480 e. The van der Waals surface area contributed by atoms with Crippen LogP contribution in [-0.2, 0) is 11.2 Å². The van der Waals surface area contributed by atoms with Gasteiger partial charge in [-0.3, -0.25) is 9.69 Å². The molecule has 1 aliphatic carbocycles. The van der Waals surface area contributed by atoms with Crippen molar-refractivity contribution >= 4 is 13.1 Å². The number of fused-ring (bicyclic) bond motifs is 1. The summed E-state index contributed by atoms with van der Waals surface area (Å²) in [5.41, 5.74) is 7.43. The molecule has 0 saturated carbocycles. The van der Waals surface area contributed by atoms with Crippen LogP contribution in [0.15, 0.2) is 12.5 Å². The molecule has 2 aliphatic rings. The van der Waals surface area contributed by atoms with Crippen LogP contribution in [-0.4, -0.2) is 61.7 Å². The summed E-state index contributed by atoms with van der Waals surface area (Å²) in [6.07, 6.45) is 8.76. The summed E-state index contributed by atoms with van der Waals surface area (Å²) in [5, 5.41) is 27.6. The number of hydrogen-bond donors (Lipinski definition) is 4. The summed E-state index contributed by atoms with van der Waals surface area (Å²) < 4.78 is 0. The number of rotatable bonds is 8. The Labute approximate surface area is 160 Å². The maximum absolute atomic E-state index is 11.9. The van der Waals surface area contributed by atoms with E-state index >= 15 is 0 Å². The molecule has 1 aromatic heterocycles. The Kier molecular flexibility index (Phi) is 6.46. The molecule has 2 unspecified atom stereocenters. The molecule has 1 aliphatic heterocycles. The first-order chi connectivity index (χ1) is 12.9. The van der Waals surface area contributed by atoms with Crippen molar-refractivity contribution in [3.8, 4) is 0 Å². The number of carbonyl (C=O) groups is 1. The molecule has 2 heterocycles. The van der Waals surface area contributed by atoms with Gasteiger partial charge in [-0.1, -0.05) is 12.8 Å². The normalized spacial score (nSPS) is 23.0. The topological polar surface area (TPSA) is 133 Å². The zero-order chi connectivity index (χ0) is 19.4. The number of nitrogens with two attached hydrogens (primary N) is 1. The fraction of sp³-hybridized carbons (Fsp3) is 0.722. The van der Waals surface area contributed by atoms with E-state index in [4.69, 9.17) is 15.8 Å². The minimum Gasteiger partial charge on any atom is -0.480 e. The first-order valence-electron chi connectivity index (χ1n) is 9.83. The number of aromatic nitrogens is 2. The molecule has 0 radical (unpaired) electrons. The fourth-order valence-corrected chi connectivity index (χ4v) is 4.62. The van der Waals surface area contributed by atoms with Gasteiger partial charge in [0.1, 0.15) is 11.9 Å². The molecular weight excluding hydrogens is 347 g/mol. The van der Waals surface area contributed by atoms with Gasteiger partial charge in [0.15, 0.2) is 0 Å². The second-order valence-corrected chi connectivity index (χ2v) is 7.86. The quantitative estimate of drug-likeness (QED) is 0.383. The van der Waals surface area contributed by atoms with Crippen molar-refractivity contribution in [2.45, 2.75) is 62.8 Å². The SMILES string of the molecule is NC(CCCCB(O)O)(C(=O)O)C1CCN(C2CCc3ncncc32)CC1. The molecule has 0 amide bonds. The van der Waals surface area contributed by atoms with Crippen molar-refractivity contribution in [3.05, 3.63) is 23.8 Å². The van der Waals surface area contributed by atoms with Gasteiger partial charge in [-0.25, -0.2) is 9.97 Å². The van der Waals surface area contributed by atoms with Crippen LogP contribution in [0.4, 0.5) is 0 Å². The highest BCUT2D eigenvalue weighted by atomic mass is 16.4. The van der Waals surface area contributed by atoms with Gasteiger partial charge >= 0.3 is 13.1 Å². The third kappa shape index (κ3) is 4.48. The first kappa shape index (κ1) is 20.2. The average Bonchev–Trinajstić information content (AvgIpc) is 3.09. The minimum absolute atomic E-state index is 0.0711. The number of likely N-dealkylation sites (tertiary alicyclic amines) is 1. The number of hydrogen-bond acceptors (Lipinski definition) is 7. The minimum atomic E-state index is -1.34. The lowest BCUT2D eigenvalue weighted by Gasteiger charge is -2.42. The highest BCUT2D eigenvalue weighted by molar-refractivity contribution is 6.40. The number of carboxylic acid groups (broad SMARTS) is 1. The number of nitrogens with zero attached hydrogens (tertiary/aromatic N) is 3. The predicted molar refractivity (Wildman–Crippen MR) is 101 cm³/mol. The second kappa shape index (κ2) is 8.64. The molecular formula is C18H29BN4O4. The van der Waals surface area contributed by atoms with Gasteiger partial charge in [0.25, 0.3) is 0 Å². The maximum atomic E-state index is 11.9. The van der Waals surface area contributed by atoms with Crippen LogP contribution in [0, 0.1) is 5.92 Å². The van der Waals surface area contributed by atoms with Gasteiger partial charge < -0.3 is 20.9 Å². The van der Waals surface area contributed by atoms with Gasteiger partial charge in [0.05, 0.1) is 0 Å². The van der Waals surface area contributed by atoms with E-state index in [0.29, 0.717) is 25.3 Å². The van der Waals surface area contributed by atoms with Crippen LogP contribution in [0.5, 0.6) is 0 Å². The van der Waals surface area contributed by atoms with Gasteiger partial charge in [0, 0.05) is 23.5 Å². The van der Waals surface area contributed by atoms with Crippen LogP contribution in [0.1, 0.15) is 55.8 Å². The Morgan fingerprint density at radius 2 is 2.04 bits per heavy atom. The Hall–Kier alpha value is -1.55. The number of piperidine rings is 1. The number of aliphatic carboxylic acids is 1. The highest BCUT2D eigenvalue weighted by Gasteiger charge is 2.44. The lowest BCUT2D eigenvalue weighted by atomic mass is 9.74. The monoisotopic (exact) mass is 376 g/mol. The molecule has 0 spiro atoms. The van der Waals surface area contributed by atoms with E-state index in [2.05, 4.69) is 14.9 Å². The maximum Gasteiger partial charge on any atom is 0.451 e. The lowest BCUT2D eigenvalue weighted by molar-refractivity contribution is -0.147. The summed E-state index contributed by atoms with van der Waals surface area (Å²) in [6, 6.07) is 0.324. The molecule has 0 aromatic carbocycles. The molecule has 5 N–H and O–H groups in total. The molecule has 1 saturated heterocycles. The van der Waals surface area contributed by atoms with Gasteiger partial charge in [0.2, 0.25) is 0 Å². The molecule has 2 atom stereocenters. The summed E-state index contributed by atoms with van der Waals surface area (Å²) in [4.78, 5) is 22.8. The van der Waals surface area contributed by atoms with Crippen molar-refractivity contribution in [1.82, 2.24) is 14.9 Å². The molecule has 8 nitrogen and oxygen atoms in total. The Balaban J connectivity index is 1.57. The number of aryl methyl sites for hydroxylation is 1. The van der Waals surface area contributed by atoms with Crippen molar-refractivity contribution in [2.75, 3.05) is 13.1 Å². The summed E-state index contributed by atoms with van der Waals surface area (Å²) >= 11 is 0. The van der Waals surface area contributed by atoms with Crippen molar-refractivity contribution in [3.63, 3.8) is 0 Å². The molecule has 148 valence electrons. The summed E-state index contributed by atoms with van der Waals surface area (Å²) in [5.74, 6) is -1.02. The molecule has 0 bridgehead atoms. The Morgan fingerprint density at radius 3 is 2.70 bits per heavy atom. The van der Waals surface area contributed by atoms with Crippen LogP contribution in [0.3, 0.4) is 0 Å². The second-order valence-electron chi connectivity index (χ2n) is 7.86. The highest BCUT2D eigenvalue weighted by Crippen LogP contribution is 2.38. The molecule has 9 heteroatoms. The Morgan fingerprint density at radius 1 is 1.30 bits per heavy atom. The van der Waals surface area contributed by atoms with E-state index < -0.39 is 18.6 Å².